The summed E-state index contributed by atoms with van der Waals surface area (Å²) in [5, 5.41) is 5.35. The fraction of sp³-hybridized carbons (Fsp3) is 0.889. The molecule has 2 N–H and O–H groups in total. The molecular weight excluding hydrogens is 187 g/mol. The number of carbonyl (C=O) groups is 1. The lowest BCUT2D eigenvalue weighted by Crippen LogP contribution is -2.32. The molecule has 0 aromatic carbocycles. The van der Waals surface area contributed by atoms with Gasteiger partial charge >= 0.3 is 0 Å². The lowest BCUT2D eigenvalue weighted by atomic mass is 10.4. The Morgan fingerprint density at radius 1 is 1.57 bits per heavy atom. The summed E-state index contributed by atoms with van der Waals surface area (Å²) in [6.07, 6.45) is -0.741. The van der Waals surface area contributed by atoms with E-state index in [0.717, 1.165) is 0 Å². The van der Waals surface area contributed by atoms with Gasteiger partial charge in [-0.3, -0.25) is 4.79 Å². The van der Waals surface area contributed by atoms with Crippen LogP contribution in [0.5, 0.6) is 0 Å². The summed E-state index contributed by atoms with van der Waals surface area (Å²) in [4.78, 5) is 10.8. The van der Waals surface area contributed by atoms with E-state index in [1.165, 1.54) is 0 Å². The second-order valence-corrected chi connectivity index (χ2v) is 2.93. The van der Waals surface area contributed by atoms with Crippen LogP contribution in [0.3, 0.4) is 0 Å². The standard InChI is InChI=1S/C9H19FN2O2/c1-3-9(13)12-6-8(10)7-14-5-4-11-2/h8,11H,3-7H2,1-2H3,(H,12,13). The smallest absolute Gasteiger partial charge is 0.219 e. The van der Waals surface area contributed by atoms with Crippen LogP contribution in [-0.2, 0) is 9.53 Å². The molecule has 0 aliphatic carbocycles. The molecule has 84 valence electrons. The van der Waals surface area contributed by atoms with Crippen molar-refractivity contribution in [3.8, 4) is 0 Å². The molecule has 0 aliphatic rings. The van der Waals surface area contributed by atoms with E-state index in [1.807, 2.05) is 0 Å². The topological polar surface area (TPSA) is 50.4 Å². The highest BCUT2D eigenvalue weighted by molar-refractivity contribution is 5.75. The number of hydrogen-bond acceptors (Lipinski definition) is 3. The van der Waals surface area contributed by atoms with Crippen LogP contribution in [0.1, 0.15) is 13.3 Å². The molecule has 0 rings (SSSR count). The quantitative estimate of drug-likeness (QED) is 0.553. The second kappa shape index (κ2) is 8.90. The maximum Gasteiger partial charge on any atom is 0.219 e. The van der Waals surface area contributed by atoms with Gasteiger partial charge < -0.3 is 15.4 Å². The molecule has 5 heteroatoms. The van der Waals surface area contributed by atoms with Crippen LogP contribution in [0, 0.1) is 0 Å². The fourth-order valence-electron chi connectivity index (χ4n) is 0.794. The van der Waals surface area contributed by atoms with Gasteiger partial charge in [-0.05, 0) is 7.05 Å². The lowest BCUT2D eigenvalue weighted by molar-refractivity contribution is -0.121. The number of carbonyl (C=O) groups excluding carboxylic acids is 1. The number of rotatable bonds is 8. The van der Waals surface area contributed by atoms with Crippen molar-refractivity contribution in [2.24, 2.45) is 0 Å². The van der Waals surface area contributed by atoms with Gasteiger partial charge in [0.1, 0.15) is 6.17 Å². The number of amides is 1. The largest absolute Gasteiger partial charge is 0.377 e. The Morgan fingerprint density at radius 2 is 2.29 bits per heavy atom. The molecule has 0 radical (unpaired) electrons. The molecule has 0 fully saturated rings. The molecule has 0 bridgehead atoms. The average molecular weight is 206 g/mol. The summed E-state index contributed by atoms with van der Waals surface area (Å²) in [6.45, 7) is 2.98. The summed E-state index contributed by atoms with van der Waals surface area (Å²) in [7, 11) is 1.80. The van der Waals surface area contributed by atoms with Gasteiger partial charge in [0.2, 0.25) is 5.91 Å². The highest BCUT2D eigenvalue weighted by atomic mass is 19.1. The lowest BCUT2D eigenvalue weighted by Gasteiger charge is -2.09. The second-order valence-electron chi connectivity index (χ2n) is 2.93. The van der Waals surface area contributed by atoms with Gasteiger partial charge in [-0.25, -0.2) is 4.39 Å². The van der Waals surface area contributed by atoms with Crippen LogP contribution >= 0.6 is 0 Å². The highest BCUT2D eigenvalue weighted by Crippen LogP contribution is 1.90. The van der Waals surface area contributed by atoms with E-state index in [1.54, 1.807) is 14.0 Å². The fourth-order valence-corrected chi connectivity index (χ4v) is 0.794. The highest BCUT2D eigenvalue weighted by Gasteiger charge is 2.07. The van der Waals surface area contributed by atoms with Crippen molar-refractivity contribution in [2.45, 2.75) is 19.5 Å². The molecule has 0 aliphatic heterocycles. The predicted octanol–water partition coefficient (Wildman–Crippen LogP) is 0.0867. The van der Waals surface area contributed by atoms with Crippen molar-refractivity contribution in [3.05, 3.63) is 0 Å². The minimum atomic E-state index is -1.12. The number of alkyl halides is 1. The Labute approximate surface area is 84.2 Å². The van der Waals surface area contributed by atoms with Crippen molar-refractivity contribution >= 4 is 5.91 Å². The number of hydrogen-bond donors (Lipinski definition) is 2. The van der Waals surface area contributed by atoms with Gasteiger partial charge in [0, 0.05) is 13.0 Å². The summed E-state index contributed by atoms with van der Waals surface area (Å²) in [5.74, 6) is -0.136. The summed E-state index contributed by atoms with van der Waals surface area (Å²) < 4.78 is 18.0. The normalized spacial score (nSPS) is 12.5. The van der Waals surface area contributed by atoms with Crippen LogP contribution in [0.15, 0.2) is 0 Å². The molecule has 0 saturated heterocycles. The van der Waals surface area contributed by atoms with Gasteiger partial charge in [-0.15, -0.1) is 0 Å². The van der Waals surface area contributed by atoms with E-state index in [2.05, 4.69) is 10.6 Å². The van der Waals surface area contributed by atoms with E-state index < -0.39 is 6.17 Å². The van der Waals surface area contributed by atoms with Crippen LogP contribution in [-0.4, -0.2) is 45.4 Å². The van der Waals surface area contributed by atoms with E-state index >= 15 is 0 Å². The monoisotopic (exact) mass is 206 g/mol. The molecule has 1 atom stereocenters. The van der Waals surface area contributed by atoms with Crippen LogP contribution in [0.25, 0.3) is 0 Å². The summed E-state index contributed by atoms with van der Waals surface area (Å²) in [5.41, 5.74) is 0. The maximum atomic E-state index is 13.0. The molecule has 0 spiro atoms. The van der Waals surface area contributed by atoms with Gasteiger partial charge in [0.25, 0.3) is 0 Å². The average Bonchev–Trinajstić information content (AvgIpc) is 2.21. The third-order valence-corrected chi connectivity index (χ3v) is 1.64. The minimum absolute atomic E-state index is 0.0334. The van der Waals surface area contributed by atoms with Crippen molar-refractivity contribution in [2.75, 3.05) is 33.4 Å². The molecular formula is C9H19FN2O2. The van der Waals surface area contributed by atoms with Crippen LogP contribution in [0.2, 0.25) is 0 Å². The molecule has 0 heterocycles. The third kappa shape index (κ3) is 7.94. The van der Waals surface area contributed by atoms with Gasteiger partial charge in [0.05, 0.1) is 19.8 Å². The number of likely N-dealkylation sites (N-methyl/N-ethyl adjacent to an activating group) is 1. The zero-order valence-electron chi connectivity index (χ0n) is 8.81. The van der Waals surface area contributed by atoms with E-state index in [-0.39, 0.29) is 19.1 Å². The maximum absolute atomic E-state index is 13.0. The molecule has 0 aromatic rings. The Balaban J connectivity index is 3.27. The molecule has 1 unspecified atom stereocenters. The molecule has 4 nitrogen and oxygen atoms in total. The molecule has 0 aromatic heterocycles. The zero-order valence-corrected chi connectivity index (χ0v) is 8.81. The SMILES string of the molecule is CCC(=O)NCC(F)COCCNC. The first-order chi connectivity index (χ1) is 6.70. The molecule has 1 amide bonds. The summed E-state index contributed by atoms with van der Waals surface area (Å²) in [6, 6.07) is 0. The van der Waals surface area contributed by atoms with Crippen LogP contribution < -0.4 is 10.6 Å². The third-order valence-electron chi connectivity index (χ3n) is 1.64. The van der Waals surface area contributed by atoms with E-state index in [4.69, 9.17) is 4.74 Å². The number of ether oxygens (including phenoxy) is 1. The first kappa shape index (κ1) is 13.3. The predicted molar refractivity (Wildman–Crippen MR) is 52.9 cm³/mol. The van der Waals surface area contributed by atoms with Crippen molar-refractivity contribution < 1.29 is 13.9 Å². The Morgan fingerprint density at radius 3 is 2.86 bits per heavy atom. The zero-order chi connectivity index (χ0) is 10.8. The molecule has 0 saturated carbocycles. The number of halogens is 1. The number of nitrogens with one attached hydrogen (secondary N) is 2. The van der Waals surface area contributed by atoms with Crippen molar-refractivity contribution in [3.63, 3.8) is 0 Å². The van der Waals surface area contributed by atoms with Gasteiger partial charge in [-0.1, -0.05) is 6.92 Å². The van der Waals surface area contributed by atoms with Gasteiger partial charge in [-0.2, -0.15) is 0 Å². The first-order valence-corrected chi connectivity index (χ1v) is 4.83. The minimum Gasteiger partial charge on any atom is -0.377 e. The van der Waals surface area contributed by atoms with E-state index in [0.29, 0.717) is 19.6 Å². The van der Waals surface area contributed by atoms with Crippen LogP contribution in [0.4, 0.5) is 4.39 Å². The van der Waals surface area contributed by atoms with E-state index in [9.17, 15) is 9.18 Å². The van der Waals surface area contributed by atoms with Crippen molar-refractivity contribution in [1.82, 2.24) is 10.6 Å². The Kier molecular flexibility index (Phi) is 8.47. The Hall–Kier alpha value is -0.680. The first-order valence-electron chi connectivity index (χ1n) is 4.83. The van der Waals surface area contributed by atoms with Gasteiger partial charge in [0.15, 0.2) is 0 Å². The Bertz CT molecular complexity index is 156. The van der Waals surface area contributed by atoms with Crippen molar-refractivity contribution in [1.29, 1.82) is 0 Å². The summed E-state index contributed by atoms with van der Waals surface area (Å²) >= 11 is 0. The molecule has 14 heavy (non-hydrogen) atoms.